The molecule has 0 amide bonds. The van der Waals surface area contributed by atoms with Gasteiger partial charge >= 0.3 is 0 Å². The van der Waals surface area contributed by atoms with Gasteiger partial charge < -0.3 is 14.2 Å². The molecule has 2 heterocycles. The Morgan fingerprint density at radius 1 is 1.00 bits per heavy atom. The van der Waals surface area contributed by atoms with E-state index in [9.17, 15) is 0 Å². The highest BCUT2D eigenvalue weighted by molar-refractivity contribution is 9.09. The Kier molecular flexibility index (Phi) is 4.28. The van der Waals surface area contributed by atoms with Gasteiger partial charge in [0.15, 0.2) is 11.5 Å². The van der Waals surface area contributed by atoms with Crippen LogP contribution in [-0.4, -0.2) is 25.9 Å². The summed E-state index contributed by atoms with van der Waals surface area (Å²) >= 11 is 3.77. The molecule has 3 rings (SSSR count). The number of ether oxygens (including phenoxy) is 3. The molecule has 0 radical (unpaired) electrons. The molecule has 0 saturated carbocycles. The molecule has 104 valence electrons. The third-order valence-electron chi connectivity index (χ3n) is 3.63. The Morgan fingerprint density at radius 2 is 1.84 bits per heavy atom. The van der Waals surface area contributed by atoms with Crippen LogP contribution >= 0.6 is 15.9 Å². The lowest BCUT2D eigenvalue weighted by molar-refractivity contribution is 0.0160. The van der Waals surface area contributed by atoms with Gasteiger partial charge in [-0.05, 0) is 37.0 Å². The molecule has 4 heteroatoms. The zero-order chi connectivity index (χ0) is 13.1. The monoisotopic (exact) mass is 326 g/mol. The molecule has 0 spiro atoms. The molecule has 0 N–H and O–H groups in total. The lowest BCUT2D eigenvalue weighted by Crippen LogP contribution is -2.23. The van der Waals surface area contributed by atoms with Gasteiger partial charge in [0.25, 0.3) is 0 Å². The van der Waals surface area contributed by atoms with Crippen LogP contribution in [0.5, 0.6) is 11.5 Å². The Morgan fingerprint density at radius 3 is 2.63 bits per heavy atom. The van der Waals surface area contributed by atoms with E-state index in [2.05, 4.69) is 28.1 Å². The predicted octanol–water partition coefficient (Wildman–Crippen LogP) is 3.85. The van der Waals surface area contributed by atoms with Crippen LogP contribution in [0.1, 0.15) is 36.1 Å². The second-order valence-corrected chi connectivity index (χ2v) is 6.05. The van der Waals surface area contributed by atoms with Crippen molar-refractivity contribution in [2.45, 2.75) is 36.6 Å². The van der Waals surface area contributed by atoms with Crippen LogP contribution < -0.4 is 9.47 Å². The summed E-state index contributed by atoms with van der Waals surface area (Å²) in [7, 11) is 0. The maximum absolute atomic E-state index is 5.84. The molecule has 1 saturated heterocycles. The van der Waals surface area contributed by atoms with Crippen LogP contribution in [-0.2, 0) is 4.74 Å². The van der Waals surface area contributed by atoms with E-state index in [1.165, 1.54) is 18.4 Å². The maximum atomic E-state index is 5.84. The summed E-state index contributed by atoms with van der Waals surface area (Å²) < 4.78 is 17.2. The van der Waals surface area contributed by atoms with Gasteiger partial charge in [0.1, 0.15) is 0 Å². The molecule has 1 aromatic rings. The van der Waals surface area contributed by atoms with E-state index >= 15 is 0 Å². The Hall–Kier alpha value is -0.740. The summed E-state index contributed by atoms with van der Waals surface area (Å²) in [6, 6.07) is 6.19. The SMILES string of the molecule is BrC(c1ccc2c(c1)OCCCO2)C1CCCCO1. The number of hydrogen-bond acceptors (Lipinski definition) is 3. The van der Waals surface area contributed by atoms with Gasteiger partial charge in [-0.1, -0.05) is 22.0 Å². The quantitative estimate of drug-likeness (QED) is 0.772. The minimum absolute atomic E-state index is 0.227. The van der Waals surface area contributed by atoms with Gasteiger partial charge in [-0.15, -0.1) is 0 Å². The average molecular weight is 327 g/mol. The fraction of sp³-hybridized carbons (Fsp3) is 0.600. The smallest absolute Gasteiger partial charge is 0.161 e. The van der Waals surface area contributed by atoms with Crippen LogP contribution in [0.3, 0.4) is 0 Å². The highest BCUT2D eigenvalue weighted by atomic mass is 79.9. The van der Waals surface area contributed by atoms with Crippen LogP contribution in [0.15, 0.2) is 18.2 Å². The number of halogens is 1. The number of alkyl halides is 1. The second kappa shape index (κ2) is 6.14. The van der Waals surface area contributed by atoms with E-state index in [-0.39, 0.29) is 10.9 Å². The van der Waals surface area contributed by atoms with Gasteiger partial charge in [0, 0.05) is 13.0 Å². The minimum atomic E-state index is 0.227. The molecule has 0 aromatic heterocycles. The number of rotatable bonds is 2. The van der Waals surface area contributed by atoms with Crippen molar-refractivity contribution in [3.8, 4) is 11.5 Å². The van der Waals surface area contributed by atoms with Crippen molar-refractivity contribution in [1.29, 1.82) is 0 Å². The molecule has 2 aliphatic heterocycles. The highest BCUT2D eigenvalue weighted by Gasteiger charge is 2.25. The van der Waals surface area contributed by atoms with Crippen LogP contribution in [0.2, 0.25) is 0 Å². The van der Waals surface area contributed by atoms with Gasteiger partial charge in [-0.3, -0.25) is 0 Å². The van der Waals surface area contributed by atoms with Crippen LogP contribution in [0, 0.1) is 0 Å². The largest absolute Gasteiger partial charge is 0.490 e. The predicted molar refractivity (Wildman–Crippen MR) is 77.3 cm³/mol. The topological polar surface area (TPSA) is 27.7 Å². The number of hydrogen-bond donors (Lipinski definition) is 0. The molecular weight excluding hydrogens is 308 g/mol. The van der Waals surface area contributed by atoms with E-state index in [1.807, 2.05) is 6.07 Å². The first kappa shape index (κ1) is 13.3. The molecule has 1 fully saturated rings. The second-order valence-electron chi connectivity index (χ2n) is 5.06. The molecule has 0 aliphatic carbocycles. The molecule has 0 bridgehead atoms. The Bertz CT molecular complexity index is 429. The third kappa shape index (κ3) is 3.06. The Labute approximate surface area is 122 Å². The summed E-state index contributed by atoms with van der Waals surface area (Å²) in [4.78, 5) is 0.227. The van der Waals surface area contributed by atoms with Crippen molar-refractivity contribution in [2.75, 3.05) is 19.8 Å². The Balaban J connectivity index is 1.78. The van der Waals surface area contributed by atoms with E-state index < -0.39 is 0 Å². The summed E-state index contributed by atoms with van der Waals surface area (Å²) in [5, 5.41) is 0. The average Bonchev–Trinajstić information content (AvgIpc) is 2.72. The fourth-order valence-electron chi connectivity index (χ4n) is 2.56. The first-order valence-corrected chi connectivity index (χ1v) is 7.91. The third-order valence-corrected chi connectivity index (χ3v) is 4.75. The van der Waals surface area contributed by atoms with E-state index in [1.54, 1.807) is 0 Å². The highest BCUT2D eigenvalue weighted by Crippen LogP contribution is 2.38. The van der Waals surface area contributed by atoms with Gasteiger partial charge in [-0.2, -0.15) is 0 Å². The van der Waals surface area contributed by atoms with E-state index in [4.69, 9.17) is 14.2 Å². The van der Waals surface area contributed by atoms with Gasteiger partial charge in [0.2, 0.25) is 0 Å². The first-order valence-electron chi connectivity index (χ1n) is 7.00. The number of benzene rings is 1. The maximum Gasteiger partial charge on any atom is 0.161 e. The fourth-order valence-corrected chi connectivity index (χ4v) is 3.26. The van der Waals surface area contributed by atoms with E-state index in [0.29, 0.717) is 0 Å². The summed E-state index contributed by atoms with van der Waals surface area (Å²) in [6.07, 6.45) is 4.74. The molecule has 2 atom stereocenters. The lowest BCUT2D eigenvalue weighted by atomic mass is 10.0. The van der Waals surface area contributed by atoms with Crippen molar-refractivity contribution in [1.82, 2.24) is 0 Å². The molecule has 3 nitrogen and oxygen atoms in total. The van der Waals surface area contributed by atoms with Gasteiger partial charge in [-0.25, -0.2) is 0 Å². The van der Waals surface area contributed by atoms with Crippen molar-refractivity contribution in [3.05, 3.63) is 23.8 Å². The van der Waals surface area contributed by atoms with E-state index in [0.717, 1.165) is 44.2 Å². The molecule has 1 aromatic carbocycles. The standard InChI is InChI=1S/C15H19BrO3/c16-15(13-4-1-2-7-18-13)11-5-6-12-14(10-11)19-9-3-8-17-12/h5-6,10,13,15H,1-4,7-9H2. The summed E-state index contributed by atoms with van der Waals surface area (Å²) in [5.74, 6) is 1.71. The molecular formula is C15H19BrO3. The van der Waals surface area contributed by atoms with Crippen molar-refractivity contribution in [2.24, 2.45) is 0 Å². The summed E-state index contributed by atoms with van der Waals surface area (Å²) in [5.41, 5.74) is 1.20. The van der Waals surface area contributed by atoms with Gasteiger partial charge in [0.05, 0.1) is 24.1 Å². The van der Waals surface area contributed by atoms with Crippen molar-refractivity contribution in [3.63, 3.8) is 0 Å². The normalized spacial score (nSPS) is 24.6. The molecule has 2 unspecified atom stereocenters. The number of fused-ring (bicyclic) bond motifs is 1. The molecule has 19 heavy (non-hydrogen) atoms. The lowest BCUT2D eigenvalue weighted by Gasteiger charge is -2.27. The van der Waals surface area contributed by atoms with Crippen LogP contribution in [0.4, 0.5) is 0 Å². The van der Waals surface area contributed by atoms with Crippen molar-refractivity contribution < 1.29 is 14.2 Å². The van der Waals surface area contributed by atoms with Crippen molar-refractivity contribution >= 4 is 15.9 Å². The van der Waals surface area contributed by atoms with Crippen LogP contribution in [0.25, 0.3) is 0 Å². The molecule has 2 aliphatic rings. The zero-order valence-electron chi connectivity index (χ0n) is 10.9. The minimum Gasteiger partial charge on any atom is -0.490 e. The zero-order valence-corrected chi connectivity index (χ0v) is 12.5. The summed E-state index contributed by atoms with van der Waals surface area (Å²) in [6.45, 7) is 2.33. The first-order chi connectivity index (χ1) is 9.34.